The van der Waals surface area contributed by atoms with Gasteiger partial charge in [-0.1, -0.05) is 15.9 Å². The predicted molar refractivity (Wildman–Crippen MR) is 78.4 cm³/mol. The number of carbonyl (C=O) groups is 2. The van der Waals surface area contributed by atoms with Gasteiger partial charge in [-0.25, -0.2) is 4.79 Å². The first-order chi connectivity index (χ1) is 9.02. The summed E-state index contributed by atoms with van der Waals surface area (Å²) in [6.07, 6.45) is 0.922. The van der Waals surface area contributed by atoms with Crippen molar-refractivity contribution in [2.75, 3.05) is 12.9 Å². The molecule has 19 heavy (non-hydrogen) atoms. The van der Waals surface area contributed by atoms with Crippen LogP contribution in [0.4, 0.5) is 4.79 Å². The van der Waals surface area contributed by atoms with Crippen molar-refractivity contribution in [3.05, 3.63) is 22.7 Å². The van der Waals surface area contributed by atoms with Crippen LogP contribution in [0.15, 0.2) is 27.6 Å². The molecule has 0 aliphatic carbocycles. The van der Waals surface area contributed by atoms with Gasteiger partial charge in [0.25, 0.3) is 0 Å². The fourth-order valence-electron chi connectivity index (χ4n) is 1.38. The van der Waals surface area contributed by atoms with Crippen molar-refractivity contribution in [2.45, 2.75) is 17.7 Å². The Morgan fingerprint density at radius 3 is 2.84 bits per heavy atom. The minimum absolute atomic E-state index is 0.270. The van der Waals surface area contributed by atoms with Crippen molar-refractivity contribution >= 4 is 39.6 Å². The summed E-state index contributed by atoms with van der Waals surface area (Å²) < 4.78 is 6.22. The van der Waals surface area contributed by atoms with Crippen molar-refractivity contribution in [2.24, 2.45) is 5.73 Å². The highest BCUT2D eigenvalue weighted by molar-refractivity contribution is 9.10. The van der Waals surface area contributed by atoms with Gasteiger partial charge in [-0.15, -0.1) is 11.8 Å². The highest BCUT2D eigenvalue weighted by Gasteiger charge is 2.06. The molecule has 1 rings (SSSR count). The van der Waals surface area contributed by atoms with Crippen LogP contribution in [-0.4, -0.2) is 24.8 Å². The molecule has 0 aliphatic rings. The molecule has 7 heteroatoms. The van der Waals surface area contributed by atoms with Crippen molar-refractivity contribution < 1.29 is 14.3 Å². The Morgan fingerprint density at radius 2 is 2.21 bits per heavy atom. The molecule has 0 aromatic heterocycles. The van der Waals surface area contributed by atoms with E-state index in [-0.39, 0.29) is 12.3 Å². The molecule has 0 saturated carbocycles. The van der Waals surface area contributed by atoms with Gasteiger partial charge in [0.15, 0.2) is 0 Å². The number of halogens is 1. The number of thioether (sulfide) groups is 1. The molecule has 5 nitrogen and oxygen atoms in total. The average Bonchev–Trinajstić information content (AvgIpc) is 2.34. The van der Waals surface area contributed by atoms with E-state index in [0.717, 1.165) is 20.9 Å². The molecule has 1 aromatic carbocycles. The minimum atomic E-state index is -0.814. The van der Waals surface area contributed by atoms with E-state index in [4.69, 9.17) is 10.5 Å². The van der Waals surface area contributed by atoms with E-state index in [0.29, 0.717) is 6.42 Å². The van der Waals surface area contributed by atoms with Crippen molar-refractivity contribution in [1.29, 1.82) is 0 Å². The smallest absolute Gasteiger partial charge is 0.318 e. The number of amides is 3. The highest BCUT2D eigenvalue weighted by Crippen LogP contribution is 2.32. The maximum absolute atomic E-state index is 11.2. The predicted octanol–water partition coefficient (Wildman–Crippen LogP) is 2.52. The Labute approximate surface area is 124 Å². The Hall–Kier alpha value is -1.21. The second-order valence-electron chi connectivity index (χ2n) is 3.66. The van der Waals surface area contributed by atoms with Crippen LogP contribution >= 0.6 is 27.7 Å². The van der Waals surface area contributed by atoms with Crippen LogP contribution in [0.5, 0.6) is 5.75 Å². The second-order valence-corrected chi connectivity index (χ2v) is 5.71. The van der Waals surface area contributed by atoms with Crippen LogP contribution in [0, 0.1) is 0 Å². The van der Waals surface area contributed by atoms with Gasteiger partial charge in [-0.2, -0.15) is 0 Å². The molecule has 0 heterocycles. The number of hydrogen-bond donors (Lipinski definition) is 2. The molecule has 0 saturated heterocycles. The van der Waals surface area contributed by atoms with Gasteiger partial charge in [0, 0.05) is 10.9 Å². The molecule has 0 bridgehead atoms. The van der Waals surface area contributed by atoms with E-state index in [1.807, 2.05) is 23.5 Å². The monoisotopic (exact) mass is 346 g/mol. The molecule has 1 aromatic rings. The summed E-state index contributed by atoms with van der Waals surface area (Å²) in [5.41, 5.74) is 4.85. The molecule has 3 N–H and O–H groups in total. The lowest BCUT2D eigenvalue weighted by Gasteiger charge is -2.08. The summed E-state index contributed by atoms with van der Waals surface area (Å²) in [6, 6.07) is 4.94. The van der Waals surface area contributed by atoms with E-state index in [2.05, 4.69) is 15.9 Å². The Kier molecular flexibility index (Phi) is 6.72. The zero-order chi connectivity index (χ0) is 14.3. The van der Waals surface area contributed by atoms with Crippen LogP contribution in [0.25, 0.3) is 0 Å². The van der Waals surface area contributed by atoms with Gasteiger partial charge in [0.1, 0.15) is 5.75 Å². The van der Waals surface area contributed by atoms with Crippen LogP contribution in [-0.2, 0) is 4.79 Å². The maximum Gasteiger partial charge on any atom is 0.318 e. The first-order valence-electron chi connectivity index (χ1n) is 5.58. The summed E-state index contributed by atoms with van der Waals surface area (Å²) >= 11 is 5.00. The summed E-state index contributed by atoms with van der Waals surface area (Å²) in [7, 11) is 1.62. The number of ether oxygens (including phenoxy) is 1. The number of carbonyl (C=O) groups excluding carboxylic acids is 2. The summed E-state index contributed by atoms with van der Waals surface area (Å²) in [4.78, 5) is 22.6. The van der Waals surface area contributed by atoms with E-state index in [1.165, 1.54) is 0 Å². The van der Waals surface area contributed by atoms with E-state index in [9.17, 15) is 9.59 Å². The number of imide groups is 1. The van der Waals surface area contributed by atoms with Crippen molar-refractivity contribution in [3.63, 3.8) is 0 Å². The first-order valence-corrected chi connectivity index (χ1v) is 7.36. The highest BCUT2D eigenvalue weighted by atomic mass is 79.9. The average molecular weight is 347 g/mol. The van der Waals surface area contributed by atoms with Crippen molar-refractivity contribution in [1.82, 2.24) is 5.32 Å². The third-order valence-electron chi connectivity index (χ3n) is 2.19. The quantitative estimate of drug-likeness (QED) is 0.612. The molecular weight excluding hydrogens is 332 g/mol. The molecule has 0 atom stereocenters. The lowest BCUT2D eigenvalue weighted by Crippen LogP contribution is -2.34. The fourth-order valence-corrected chi connectivity index (χ4v) is 2.90. The molecule has 104 valence electrons. The van der Waals surface area contributed by atoms with Gasteiger partial charge < -0.3 is 10.5 Å². The van der Waals surface area contributed by atoms with Gasteiger partial charge in [-0.05, 0) is 30.4 Å². The number of methoxy groups -OCH3 is 1. The van der Waals surface area contributed by atoms with Crippen LogP contribution in [0.1, 0.15) is 12.8 Å². The summed E-state index contributed by atoms with van der Waals surface area (Å²) in [5.74, 6) is 1.20. The molecule has 0 radical (unpaired) electrons. The Balaban J connectivity index is 2.39. The molecular formula is C12H15BrN2O3S. The molecule has 0 aliphatic heterocycles. The van der Waals surface area contributed by atoms with Crippen LogP contribution < -0.4 is 15.8 Å². The zero-order valence-corrected chi connectivity index (χ0v) is 12.8. The molecule has 0 fully saturated rings. The minimum Gasteiger partial charge on any atom is -0.496 e. The van der Waals surface area contributed by atoms with Gasteiger partial charge in [-0.3, -0.25) is 10.1 Å². The number of urea groups is 1. The zero-order valence-electron chi connectivity index (χ0n) is 10.4. The number of nitrogens with two attached hydrogens (primary N) is 1. The van der Waals surface area contributed by atoms with Crippen LogP contribution in [0.2, 0.25) is 0 Å². The number of hydrogen-bond acceptors (Lipinski definition) is 4. The van der Waals surface area contributed by atoms with Crippen molar-refractivity contribution in [3.8, 4) is 5.75 Å². The van der Waals surface area contributed by atoms with Gasteiger partial charge in [0.05, 0.1) is 12.0 Å². The third-order valence-corrected chi connectivity index (χ3v) is 3.81. The van der Waals surface area contributed by atoms with Gasteiger partial charge >= 0.3 is 6.03 Å². The fraction of sp³-hybridized carbons (Fsp3) is 0.333. The SMILES string of the molecule is COc1ccc(Br)cc1SCCCC(=O)NC(N)=O. The van der Waals surface area contributed by atoms with Gasteiger partial charge in [0.2, 0.25) is 5.91 Å². The Bertz CT molecular complexity index is 468. The normalized spacial score (nSPS) is 10.0. The molecule has 3 amide bonds. The molecule has 0 unspecified atom stereocenters. The van der Waals surface area contributed by atoms with Crippen LogP contribution in [0.3, 0.4) is 0 Å². The number of primary amides is 1. The summed E-state index contributed by atoms with van der Waals surface area (Å²) in [5, 5.41) is 2.03. The topological polar surface area (TPSA) is 81.4 Å². The maximum atomic E-state index is 11.2. The number of benzene rings is 1. The molecule has 0 spiro atoms. The van der Waals surface area contributed by atoms with E-state index < -0.39 is 6.03 Å². The standard InChI is InChI=1S/C12H15BrN2O3S/c1-18-9-5-4-8(13)7-10(9)19-6-2-3-11(16)15-12(14)17/h4-5,7H,2-3,6H2,1H3,(H3,14,15,16,17). The van der Waals surface area contributed by atoms with E-state index in [1.54, 1.807) is 18.9 Å². The van der Waals surface area contributed by atoms with E-state index >= 15 is 0 Å². The number of rotatable bonds is 6. The number of nitrogens with one attached hydrogen (secondary N) is 1. The lowest BCUT2D eigenvalue weighted by molar-refractivity contribution is -0.119. The third kappa shape index (κ3) is 5.98. The Morgan fingerprint density at radius 1 is 1.47 bits per heavy atom. The largest absolute Gasteiger partial charge is 0.496 e. The lowest BCUT2D eigenvalue weighted by atomic mass is 10.3. The first kappa shape index (κ1) is 15.8. The second kappa shape index (κ2) is 8.06. The summed E-state index contributed by atoms with van der Waals surface area (Å²) in [6.45, 7) is 0.